The van der Waals surface area contributed by atoms with E-state index in [-0.39, 0.29) is 11.8 Å². The van der Waals surface area contributed by atoms with Crippen molar-refractivity contribution in [1.29, 1.82) is 0 Å². The molecule has 3 nitrogen and oxygen atoms in total. The standard InChI is InChI=1S/C13H22N2OS/c1-4-11(9-14-3)13(16)15-7-5-12-10(2)6-8-17-12/h6,8,11,14H,4-5,7,9H2,1-3H3,(H,15,16). The lowest BCUT2D eigenvalue weighted by atomic mass is 10.1. The van der Waals surface area contributed by atoms with Crippen LogP contribution in [0.15, 0.2) is 11.4 Å². The number of hydrogen-bond donors (Lipinski definition) is 2. The average molecular weight is 254 g/mol. The minimum Gasteiger partial charge on any atom is -0.355 e. The average Bonchev–Trinajstić information content (AvgIpc) is 2.72. The van der Waals surface area contributed by atoms with Crippen LogP contribution in [0.3, 0.4) is 0 Å². The zero-order valence-electron chi connectivity index (χ0n) is 10.9. The molecule has 96 valence electrons. The number of thiophene rings is 1. The molecule has 1 aromatic rings. The van der Waals surface area contributed by atoms with Crippen molar-refractivity contribution in [3.63, 3.8) is 0 Å². The molecule has 4 heteroatoms. The molecule has 0 aliphatic carbocycles. The molecule has 0 aliphatic heterocycles. The van der Waals surface area contributed by atoms with E-state index in [0.29, 0.717) is 0 Å². The van der Waals surface area contributed by atoms with Crippen molar-refractivity contribution >= 4 is 17.2 Å². The Balaban J connectivity index is 2.30. The Kier molecular flexibility index (Phi) is 6.22. The molecule has 1 amide bonds. The van der Waals surface area contributed by atoms with Gasteiger partial charge in [-0.15, -0.1) is 11.3 Å². The van der Waals surface area contributed by atoms with Crippen molar-refractivity contribution in [1.82, 2.24) is 10.6 Å². The summed E-state index contributed by atoms with van der Waals surface area (Å²) in [4.78, 5) is 13.2. The monoisotopic (exact) mass is 254 g/mol. The number of carbonyl (C=O) groups excluding carboxylic acids is 1. The van der Waals surface area contributed by atoms with Gasteiger partial charge in [0.15, 0.2) is 0 Å². The van der Waals surface area contributed by atoms with Gasteiger partial charge in [0.1, 0.15) is 0 Å². The van der Waals surface area contributed by atoms with Crippen LogP contribution in [-0.4, -0.2) is 26.0 Å². The van der Waals surface area contributed by atoms with E-state index < -0.39 is 0 Å². The molecular weight excluding hydrogens is 232 g/mol. The molecule has 0 fully saturated rings. The summed E-state index contributed by atoms with van der Waals surface area (Å²) in [6.07, 6.45) is 1.82. The van der Waals surface area contributed by atoms with Crippen molar-refractivity contribution in [3.05, 3.63) is 21.9 Å². The highest BCUT2D eigenvalue weighted by Gasteiger charge is 2.14. The zero-order chi connectivity index (χ0) is 12.7. The Bertz CT molecular complexity index is 349. The van der Waals surface area contributed by atoms with Gasteiger partial charge in [0.25, 0.3) is 0 Å². The smallest absolute Gasteiger partial charge is 0.224 e. The maximum atomic E-state index is 11.8. The highest BCUT2D eigenvalue weighted by Crippen LogP contribution is 2.15. The Morgan fingerprint density at radius 2 is 2.29 bits per heavy atom. The van der Waals surface area contributed by atoms with Crippen LogP contribution in [0.25, 0.3) is 0 Å². The molecule has 0 spiro atoms. The molecule has 0 saturated heterocycles. The van der Waals surface area contributed by atoms with E-state index in [9.17, 15) is 4.79 Å². The van der Waals surface area contributed by atoms with Crippen molar-refractivity contribution in [2.24, 2.45) is 5.92 Å². The number of amides is 1. The number of hydrogen-bond acceptors (Lipinski definition) is 3. The number of aryl methyl sites for hydroxylation is 1. The second-order valence-corrected chi connectivity index (χ2v) is 5.23. The van der Waals surface area contributed by atoms with E-state index in [1.54, 1.807) is 11.3 Å². The molecule has 1 unspecified atom stereocenters. The van der Waals surface area contributed by atoms with E-state index in [4.69, 9.17) is 0 Å². The highest BCUT2D eigenvalue weighted by atomic mass is 32.1. The summed E-state index contributed by atoms with van der Waals surface area (Å²) < 4.78 is 0. The molecular formula is C13H22N2OS. The third kappa shape index (κ3) is 4.48. The quantitative estimate of drug-likeness (QED) is 0.781. The van der Waals surface area contributed by atoms with E-state index in [1.165, 1.54) is 10.4 Å². The molecule has 1 atom stereocenters. The first kappa shape index (κ1) is 14.2. The predicted molar refractivity (Wildman–Crippen MR) is 73.5 cm³/mol. The zero-order valence-corrected chi connectivity index (χ0v) is 11.7. The number of carbonyl (C=O) groups is 1. The Labute approximate surface area is 108 Å². The molecule has 0 aliphatic rings. The molecule has 0 bridgehead atoms. The highest BCUT2D eigenvalue weighted by molar-refractivity contribution is 7.10. The van der Waals surface area contributed by atoms with Crippen LogP contribution in [0, 0.1) is 12.8 Å². The third-order valence-electron chi connectivity index (χ3n) is 2.93. The first-order chi connectivity index (χ1) is 8.19. The summed E-state index contributed by atoms with van der Waals surface area (Å²) in [5, 5.41) is 8.17. The fraction of sp³-hybridized carbons (Fsp3) is 0.615. The number of rotatable bonds is 7. The lowest BCUT2D eigenvalue weighted by Gasteiger charge is -2.14. The maximum absolute atomic E-state index is 11.8. The maximum Gasteiger partial charge on any atom is 0.224 e. The first-order valence-electron chi connectivity index (χ1n) is 6.14. The van der Waals surface area contributed by atoms with Crippen molar-refractivity contribution in [2.45, 2.75) is 26.7 Å². The molecule has 2 N–H and O–H groups in total. The van der Waals surface area contributed by atoms with Gasteiger partial charge in [-0.05, 0) is 43.8 Å². The van der Waals surface area contributed by atoms with Crippen LogP contribution in [0.4, 0.5) is 0 Å². The normalized spacial score (nSPS) is 12.4. The van der Waals surface area contributed by atoms with Gasteiger partial charge in [-0.2, -0.15) is 0 Å². The van der Waals surface area contributed by atoms with Gasteiger partial charge in [-0.25, -0.2) is 0 Å². The minimum atomic E-state index is 0.0874. The summed E-state index contributed by atoms with van der Waals surface area (Å²) >= 11 is 1.76. The first-order valence-corrected chi connectivity index (χ1v) is 7.02. The summed E-state index contributed by atoms with van der Waals surface area (Å²) in [7, 11) is 1.88. The fourth-order valence-corrected chi connectivity index (χ4v) is 2.68. The van der Waals surface area contributed by atoms with E-state index in [0.717, 1.165) is 25.9 Å². The Morgan fingerprint density at radius 1 is 1.53 bits per heavy atom. The molecule has 17 heavy (non-hydrogen) atoms. The lowest BCUT2D eigenvalue weighted by Crippen LogP contribution is -2.36. The van der Waals surface area contributed by atoms with Gasteiger partial charge < -0.3 is 10.6 Å². The van der Waals surface area contributed by atoms with Gasteiger partial charge in [0.05, 0.1) is 5.92 Å². The van der Waals surface area contributed by atoms with Crippen LogP contribution < -0.4 is 10.6 Å². The topological polar surface area (TPSA) is 41.1 Å². The SMILES string of the molecule is CCC(CNC)C(=O)NCCc1sccc1C. The van der Waals surface area contributed by atoms with Gasteiger partial charge in [-0.3, -0.25) is 4.79 Å². The van der Waals surface area contributed by atoms with E-state index >= 15 is 0 Å². The fourth-order valence-electron chi connectivity index (χ4n) is 1.77. The predicted octanol–water partition coefficient (Wildman–Crippen LogP) is 1.96. The lowest BCUT2D eigenvalue weighted by molar-refractivity contribution is -0.124. The Morgan fingerprint density at radius 3 is 2.82 bits per heavy atom. The van der Waals surface area contributed by atoms with Crippen LogP contribution in [0.1, 0.15) is 23.8 Å². The molecule has 0 aromatic carbocycles. The van der Waals surface area contributed by atoms with Crippen LogP contribution >= 0.6 is 11.3 Å². The number of nitrogens with one attached hydrogen (secondary N) is 2. The van der Waals surface area contributed by atoms with Gasteiger partial charge in [-0.1, -0.05) is 6.92 Å². The summed E-state index contributed by atoms with van der Waals surface area (Å²) in [6, 6.07) is 2.12. The van der Waals surface area contributed by atoms with Gasteiger partial charge in [0, 0.05) is 18.0 Å². The second kappa shape index (κ2) is 7.45. The van der Waals surface area contributed by atoms with Crippen molar-refractivity contribution < 1.29 is 4.79 Å². The Hall–Kier alpha value is -0.870. The summed E-state index contributed by atoms with van der Waals surface area (Å²) in [5.41, 5.74) is 1.33. The van der Waals surface area contributed by atoms with E-state index in [2.05, 4.69) is 29.0 Å². The van der Waals surface area contributed by atoms with Gasteiger partial charge in [0.2, 0.25) is 5.91 Å². The molecule has 1 heterocycles. The molecule has 0 saturated carbocycles. The largest absolute Gasteiger partial charge is 0.355 e. The molecule has 0 radical (unpaired) electrons. The molecule has 1 rings (SSSR count). The van der Waals surface area contributed by atoms with Crippen molar-refractivity contribution in [3.8, 4) is 0 Å². The third-order valence-corrected chi connectivity index (χ3v) is 4.02. The van der Waals surface area contributed by atoms with Crippen LogP contribution in [-0.2, 0) is 11.2 Å². The second-order valence-electron chi connectivity index (χ2n) is 4.23. The molecule has 1 aromatic heterocycles. The minimum absolute atomic E-state index is 0.0874. The van der Waals surface area contributed by atoms with Crippen LogP contribution in [0.2, 0.25) is 0 Å². The van der Waals surface area contributed by atoms with Gasteiger partial charge >= 0.3 is 0 Å². The van der Waals surface area contributed by atoms with Crippen LogP contribution in [0.5, 0.6) is 0 Å². The van der Waals surface area contributed by atoms with Crippen molar-refractivity contribution in [2.75, 3.05) is 20.1 Å². The summed E-state index contributed by atoms with van der Waals surface area (Å²) in [5.74, 6) is 0.250. The van der Waals surface area contributed by atoms with E-state index in [1.807, 2.05) is 14.0 Å². The summed E-state index contributed by atoms with van der Waals surface area (Å²) in [6.45, 7) is 5.65.